The fraction of sp³-hybridized carbons (Fsp3) is 0.0769. The molecule has 0 unspecified atom stereocenters. The van der Waals surface area contributed by atoms with Crippen LogP contribution in [0.2, 0.25) is 10.0 Å². The third-order valence-corrected chi connectivity index (χ3v) is 3.54. The van der Waals surface area contributed by atoms with E-state index in [9.17, 15) is 0 Å². The molecule has 0 bridgehead atoms. The number of hydrogen-bond donors (Lipinski definition) is 2. The third kappa shape index (κ3) is 3.15. The van der Waals surface area contributed by atoms with Crippen molar-refractivity contribution in [3.8, 4) is 0 Å². The Bertz CT molecular complexity index is 644. The first kappa shape index (κ1) is 14.1. The van der Waals surface area contributed by atoms with Crippen LogP contribution in [0.25, 0.3) is 0 Å². The first-order chi connectivity index (χ1) is 8.99. The van der Waals surface area contributed by atoms with E-state index in [0.717, 1.165) is 5.69 Å². The molecule has 0 radical (unpaired) electrons. The average molecular weight is 312 g/mol. The minimum atomic E-state index is 0.271. The van der Waals surface area contributed by atoms with Crippen LogP contribution in [0.1, 0.15) is 11.3 Å². The van der Waals surface area contributed by atoms with Crippen LogP contribution < -0.4 is 11.1 Å². The van der Waals surface area contributed by atoms with E-state index in [1.165, 1.54) is 0 Å². The summed E-state index contributed by atoms with van der Waals surface area (Å²) in [5, 5.41) is 4.01. The number of nitrogens with two attached hydrogens (primary N) is 1. The summed E-state index contributed by atoms with van der Waals surface area (Å²) >= 11 is 17.1. The van der Waals surface area contributed by atoms with Gasteiger partial charge in [0.1, 0.15) is 10.8 Å². The molecule has 1 aromatic heterocycles. The molecule has 6 heteroatoms. The fourth-order valence-electron chi connectivity index (χ4n) is 1.58. The molecule has 1 heterocycles. The van der Waals surface area contributed by atoms with Crippen molar-refractivity contribution in [3.63, 3.8) is 0 Å². The highest BCUT2D eigenvalue weighted by Gasteiger charge is 2.10. The molecule has 0 spiro atoms. The largest absolute Gasteiger partial charge is 0.389 e. The van der Waals surface area contributed by atoms with E-state index in [4.69, 9.17) is 41.2 Å². The number of nitrogens with one attached hydrogen (secondary N) is 1. The van der Waals surface area contributed by atoms with Crippen molar-refractivity contribution < 1.29 is 0 Å². The second kappa shape index (κ2) is 5.74. The van der Waals surface area contributed by atoms with Gasteiger partial charge in [-0.05, 0) is 31.2 Å². The quantitative estimate of drug-likeness (QED) is 0.839. The van der Waals surface area contributed by atoms with E-state index in [-0.39, 0.29) is 4.99 Å². The van der Waals surface area contributed by atoms with Crippen molar-refractivity contribution >= 4 is 51.9 Å². The lowest BCUT2D eigenvalue weighted by Gasteiger charge is -2.12. The smallest absolute Gasteiger partial charge is 0.140 e. The predicted octanol–water partition coefficient (Wildman–Crippen LogP) is 4.07. The summed E-state index contributed by atoms with van der Waals surface area (Å²) in [6.45, 7) is 1.88. The second-order valence-corrected chi connectivity index (χ2v) is 5.16. The summed E-state index contributed by atoms with van der Waals surface area (Å²) in [6, 6.07) is 8.99. The number of anilines is 2. The zero-order valence-electron chi connectivity index (χ0n) is 10.1. The Morgan fingerprint density at radius 1 is 1.26 bits per heavy atom. The van der Waals surface area contributed by atoms with Crippen molar-refractivity contribution in [1.29, 1.82) is 0 Å². The lowest BCUT2D eigenvalue weighted by molar-refractivity contribution is 1.19. The molecule has 0 amide bonds. The lowest BCUT2D eigenvalue weighted by Crippen LogP contribution is -2.13. The van der Waals surface area contributed by atoms with Crippen LogP contribution in [-0.4, -0.2) is 9.97 Å². The minimum absolute atomic E-state index is 0.271. The molecule has 0 atom stereocenters. The van der Waals surface area contributed by atoms with Gasteiger partial charge >= 0.3 is 0 Å². The number of nitrogens with zero attached hydrogens (tertiary/aromatic N) is 1. The van der Waals surface area contributed by atoms with Gasteiger partial charge in [-0.25, -0.2) is 4.98 Å². The van der Waals surface area contributed by atoms with Gasteiger partial charge in [-0.2, -0.15) is 0 Å². The SMILES string of the molecule is Cc1ccc(C(N)=S)c(Nc2cccc(Cl)c2Cl)n1. The Balaban J connectivity index is 2.45. The molecule has 98 valence electrons. The summed E-state index contributed by atoms with van der Waals surface area (Å²) in [7, 11) is 0. The Labute approximate surface area is 126 Å². The Kier molecular flexibility index (Phi) is 4.24. The van der Waals surface area contributed by atoms with Gasteiger partial charge in [0.25, 0.3) is 0 Å². The highest BCUT2D eigenvalue weighted by atomic mass is 35.5. The van der Waals surface area contributed by atoms with Gasteiger partial charge in [-0.1, -0.05) is 41.5 Å². The molecule has 0 aliphatic rings. The van der Waals surface area contributed by atoms with E-state index < -0.39 is 0 Å². The van der Waals surface area contributed by atoms with Gasteiger partial charge in [0.2, 0.25) is 0 Å². The number of rotatable bonds is 3. The zero-order valence-corrected chi connectivity index (χ0v) is 12.4. The van der Waals surface area contributed by atoms with Crippen LogP contribution in [-0.2, 0) is 0 Å². The summed E-state index contributed by atoms with van der Waals surface area (Å²) in [5.41, 5.74) is 7.85. The maximum atomic E-state index is 6.13. The third-order valence-electron chi connectivity index (χ3n) is 2.50. The number of pyridine rings is 1. The predicted molar refractivity (Wildman–Crippen MR) is 84.6 cm³/mol. The van der Waals surface area contributed by atoms with Crippen molar-refractivity contribution in [2.75, 3.05) is 5.32 Å². The lowest BCUT2D eigenvalue weighted by atomic mass is 10.2. The molecule has 19 heavy (non-hydrogen) atoms. The minimum Gasteiger partial charge on any atom is -0.389 e. The molecular formula is C13H11Cl2N3S. The summed E-state index contributed by atoms with van der Waals surface area (Å²) in [4.78, 5) is 4.65. The fourth-order valence-corrected chi connectivity index (χ4v) is 2.09. The van der Waals surface area contributed by atoms with Crippen LogP contribution in [0.5, 0.6) is 0 Å². The van der Waals surface area contributed by atoms with Crippen LogP contribution >= 0.6 is 35.4 Å². The van der Waals surface area contributed by atoms with E-state index in [1.54, 1.807) is 12.1 Å². The molecule has 0 fully saturated rings. The van der Waals surface area contributed by atoms with Crippen molar-refractivity contribution in [3.05, 3.63) is 51.6 Å². The van der Waals surface area contributed by atoms with Crippen LogP contribution in [0.15, 0.2) is 30.3 Å². The summed E-state index contributed by atoms with van der Waals surface area (Å²) in [6.07, 6.45) is 0. The van der Waals surface area contributed by atoms with Gasteiger partial charge in [0.15, 0.2) is 0 Å². The van der Waals surface area contributed by atoms with Crippen LogP contribution in [0.3, 0.4) is 0 Å². The molecule has 0 aliphatic carbocycles. The number of thiocarbonyl (C=S) groups is 1. The molecule has 3 nitrogen and oxygen atoms in total. The molecular weight excluding hydrogens is 301 g/mol. The van der Waals surface area contributed by atoms with Crippen molar-refractivity contribution in [1.82, 2.24) is 4.98 Å². The normalized spacial score (nSPS) is 10.3. The van der Waals surface area contributed by atoms with E-state index in [2.05, 4.69) is 10.3 Å². The number of hydrogen-bond acceptors (Lipinski definition) is 3. The van der Waals surface area contributed by atoms with E-state index in [0.29, 0.717) is 27.1 Å². The van der Waals surface area contributed by atoms with Gasteiger partial charge < -0.3 is 11.1 Å². The number of benzene rings is 1. The molecule has 2 aromatic rings. The van der Waals surface area contributed by atoms with Gasteiger partial charge in [-0.3, -0.25) is 0 Å². The summed E-state index contributed by atoms with van der Waals surface area (Å²) < 4.78 is 0. The van der Waals surface area contributed by atoms with Crippen LogP contribution in [0.4, 0.5) is 11.5 Å². The van der Waals surface area contributed by atoms with Crippen molar-refractivity contribution in [2.24, 2.45) is 5.73 Å². The van der Waals surface area contributed by atoms with Gasteiger partial charge in [0.05, 0.1) is 21.3 Å². The summed E-state index contributed by atoms with van der Waals surface area (Å²) in [5.74, 6) is 0.566. The maximum Gasteiger partial charge on any atom is 0.140 e. The van der Waals surface area contributed by atoms with Crippen molar-refractivity contribution in [2.45, 2.75) is 6.92 Å². The topological polar surface area (TPSA) is 50.9 Å². The molecule has 3 N–H and O–H groups in total. The first-order valence-electron chi connectivity index (χ1n) is 5.47. The monoisotopic (exact) mass is 311 g/mol. The molecule has 0 saturated carbocycles. The second-order valence-electron chi connectivity index (χ2n) is 3.94. The standard InChI is InChI=1S/C13H11Cl2N3S/c1-7-5-6-8(12(16)19)13(17-7)18-10-4-2-3-9(14)11(10)15/h2-6H,1H3,(H2,16,19)(H,17,18). The van der Waals surface area contributed by atoms with Gasteiger partial charge in [-0.15, -0.1) is 0 Å². The number of aromatic nitrogens is 1. The van der Waals surface area contributed by atoms with E-state index in [1.807, 2.05) is 25.1 Å². The Morgan fingerprint density at radius 3 is 2.68 bits per heavy atom. The molecule has 0 saturated heterocycles. The molecule has 0 aliphatic heterocycles. The zero-order chi connectivity index (χ0) is 14.0. The molecule has 1 aromatic carbocycles. The Morgan fingerprint density at radius 2 is 2.00 bits per heavy atom. The highest BCUT2D eigenvalue weighted by molar-refractivity contribution is 7.80. The van der Waals surface area contributed by atoms with Crippen LogP contribution in [0, 0.1) is 6.92 Å². The Hall–Kier alpha value is -1.36. The average Bonchev–Trinajstić information content (AvgIpc) is 2.35. The highest BCUT2D eigenvalue weighted by Crippen LogP contribution is 2.32. The number of halogens is 2. The molecule has 2 rings (SSSR count). The van der Waals surface area contributed by atoms with Gasteiger partial charge in [0, 0.05) is 5.69 Å². The number of aryl methyl sites for hydroxylation is 1. The van der Waals surface area contributed by atoms with E-state index >= 15 is 0 Å². The maximum absolute atomic E-state index is 6.13. The first-order valence-corrected chi connectivity index (χ1v) is 6.64.